The second kappa shape index (κ2) is 8.55. The fourth-order valence-electron chi connectivity index (χ4n) is 4.05. The number of likely N-dealkylation sites (tertiary alicyclic amines) is 1. The van der Waals surface area contributed by atoms with Crippen LogP contribution < -0.4 is 10.1 Å². The van der Waals surface area contributed by atoms with E-state index in [1.807, 2.05) is 18.2 Å². The maximum absolute atomic E-state index is 14.2. The van der Waals surface area contributed by atoms with Crippen molar-refractivity contribution < 1.29 is 18.7 Å². The predicted octanol–water partition coefficient (Wildman–Crippen LogP) is 4.05. The second-order valence-corrected chi connectivity index (χ2v) is 8.84. The summed E-state index contributed by atoms with van der Waals surface area (Å²) in [4.78, 5) is 28.9. The van der Waals surface area contributed by atoms with Crippen LogP contribution >= 0.6 is 11.8 Å². The molecule has 0 atom stereocenters. The van der Waals surface area contributed by atoms with E-state index in [9.17, 15) is 14.0 Å². The molecule has 8 heteroatoms. The monoisotopic (exact) mass is 429 g/mol. The lowest BCUT2D eigenvalue weighted by atomic mass is 10.0. The van der Waals surface area contributed by atoms with E-state index in [0.29, 0.717) is 43.9 Å². The van der Waals surface area contributed by atoms with Crippen LogP contribution in [-0.2, 0) is 0 Å². The van der Waals surface area contributed by atoms with Gasteiger partial charge in [0.15, 0.2) is 0 Å². The molecule has 0 unspecified atom stereocenters. The van der Waals surface area contributed by atoms with Crippen LogP contribution in [0.1, 0.15) is 23.2 Å². The van der Waals surface area contributed by atoms with Gasteiger partial charge in [-0.15, -0.1) is 11.8 Å². The van der Waals surface area contributed by atoms with Gasteiger partial charge in [0.05, 0.1) is 17.5 Å². The smallest absolute Gasteiger partial charge is 0.321 e. The average molecular weight is 430 g/mol. The fourth-order valence-corrected chi connectivity index (χ4v) is 5.51. The number of thioether (sulfide) groups is 1. The van der Waals surface area contributed by atoms with Crippen LogP contribution in [0, 0.1) is 5.82 Å². The summed E-state index contributed by atoms with van der Waals surface area (Å²) in [5, 5.41) is 2.90. The predicted molar refractivity (Wildman–Crippen MR) is 115 cm³/mol. The maximum Gasteiger partial charge on any atom is 0.321 e. The molecule has 30 heavy (non-hydrogen) atoms. The zero-order valence-corrected chi connectivity index (χ0v) is 17.6. The zero-order chi connectivity index (χ0) is 21.1. The number of halogens is 1. The number of anilines is 1. The van der Waals surface area contributed by atoms with Crippen LogP contribution in [0.5, 0.6) is 5.75 Å². The van der Waals surface area contributed by atoms with Gasteiger partial charge in [0, 0.05) is 37.1 Å². The molecule has 0 aromatic heterocycles. The van der Waals surface area contributed by atoms with E-state index in [0.717, 1.165) is 5.75 Å². The van der Waals surface area contributed by atoms with E-state index in [4.69, 9.17) is 4.74 Å². The number of methoxy groups -OCH3 is 1. The largest absolute Gasteiger partial charge is 0.497 e. The van der Waals surface area contributed by atoms with Gasteiger partial charge >= 0.3 is 6.03 Å². The number of benzene rings is 2. The van der Waals surface area contributed by atoms with E-state index in [1.54, 1.807) is 46.9 Å². The molecule has 0 saturated carbocycles. The van der Waals surface area contributed by atoms with Gasteiger partial charge in [0.2, 0.25) is 0 Å². The number of amides is 3. The molecular formula is C22H24FN3O3S. The van der Waals surface area contributed by atoms with Gasteiger partial charge in [-0.05, 0) is 37.1 Å². The number of ether oxygens (including phenoxy) is 1. The van der Waals surface area contributed by atoms with Crippen molar-refractivity contribution in [3.8, 4) is 5.75 Å². The fraction of sp³-hybridized carbons (Fsp3) is 0.364. The van der Waals surface area contributed by atoms with Crippen LogP contribution in [0.3, 0.4) is 0 Å². The molecule has 2 fully saturated rings. The van der Waals surface area contributed by atoms with Crippen molar-refractivity contribution in [1.29, 1.82) is 0 Å². The van der Waals surface area contributed by atoms with Crippen molar-refractivity contribution in [2.45, 2.75) is 17.7 Å². The van der Waals surface area contributed by atoms with Gasteiger partial charge in [0.25, 0.3) is 5.91 Å². The van der Waals surface area contributed by atoms with Crippen LogP contribution in [0.4, 0.5) is 14.9 Å². The summed E-state index contributed by atoms with van der Waals surface area (Å²) >= 11 is 1.73. The highest BCUT2D eigenvalue weighted by Gasteiger charge is 2.47. The Morgan fingerprint density at radius 2 is 1.87 bits per heavy atom. The van der Waals surface area contributed by atoms with Crippen molar-refractivity contribution in [2.75, 3.05) is 37.8 Å². The van der Waals surface area contributed by atoms with E-state index in [-0.39, 0.29) is 22.4 Å². The molecule has 4 rings (SSSR count). The standard InChI is InChI=1S/C22H24FN3O3S/c1-29-17-6-4-5-16(15-17)24-21(28)25-11-9-22(10-12-25)26(13-14-30-22)20(27)18-7-2-3-8-19(18)23/h2-8,15H,9-14H2,1H3,(H,24,28). The minimum absolute atomic E-state index is 0.109. The lowest BCUT2D eigenvalue weighted by Crippen LogP contribution is -2.54. The lowest BCUT2D eigenvalue weighted by molar-refractivity contribution is 0.0581. The van der Waals surface area contributed by atoms with Crippen molar-refractivity contribution in [3.05, 3.63) is 59.9 Å². The number of nitrogens with one attached hydrogen (secondary N) is 1. The molecule has 2 aliphatic heterocycles. The molecule has 0 radical (unpaired) electrons. The van der Waals surface area contributed by atoms with Crippen LogP contribution in [-0.4, -0.2) is 59.1 Å². The molecular weight excluding hydrogens is 405 g/mol. The molecule has 0 aliphatic carbocycles. The van der Waals surface area contributed by atoms with Crippen molar-refractivity contribution in [3.63, 3.8) is 0 Å². The summed E-state index contributed by atoms with van der Waals surface area (Å²) in [7, 11) is 1.58. The Hall–Kier alpha value is -2.74. The Labute approximate surface area is 179 Å². The second-order valence-electron chi connectivity index (χ2n) is 7.38. The Bertz CT molecular complexity index is 947. The quantitative estimate of drug-likeness (QED) is 0.800. The Morgan fingerprint density at radius 3 is 2.60 bits per heavy atom. The summed E-state index contributed by atoms with van der Waals surface area (Å²) in [5.74, 6) is 0.725. The molecule has 2 aliphatic rings. The Morgan fingerprint density at radius 1 is 1.10 bits per heavy atom. The van der Waals surface area contributed by atoms with Crippen molar-refractivity contribution >= 4 is 29.4 Å². The van der Waals surface area contributed by atoms with Crippen LogP contribution in [0.25, 0.3) is 0 Å². The first-order chi connectivity index (χ1) is 14.5. The van der Waals surface area contributed by atoms with Crippen LogP contribution in [0.2, 0.25) is 0 Å². The number of nitrogens with zero attached hydrogens (tertiary/aromatic N) is 2. The molecule has 2 aromatic carbocycles. The first kappa shape index (κ1) is 20.5. The highest BCUT2D eigenvalue weighted by Crippen LogP contribution is 2.44. The van der Waals surface area contributed by atoms with Gasteiger partial charge in [0.1, 0.15) is 11.6 Å². The molecule has 2 aromatic rings. The van der Waals surface area contributed by atoms with Gasteiger partial charge in [-0.1, -0.05) is 18.2 Å². The first-order valence-corrected chi connectivity index (χ1v) is 10.9. The van der Waals surface area contributed by atoms with Gasteiger partial charge in [-0.2, -0.15) is 0 Å². The van der Waals surface area contributed by atoms with Crippen molar-refractivity contribution in [1.82, 2.24) is 9.80 Å². The minimum atomic E-state index is -0.496. The molecule has 1 N–H and O–H groups in total. The highest BCUT2D eigenvalue weighted by molar-refractivity contribution is 8.00. The number of urea groups is 1. The Balaban J connectivity index is 1.41. The van der Waals surface area contributed by atoms with E-state index in [1.165, 1.54) is 12.1 Å². The van der Waals surface area contributed by atoms with Gasteiger partial charge in [-0.25, -0.2) is 9.18 Å². The molecule has 0 bridgehead atoms. The minimum Gasteiger partial charge on any atom is -0.497 e. The van der Waals surface area contributed by atoms with E-state index < -0.39 is 5.82 Å². The molecule has 2 saturated heterocycles. The van der Waals surface area contributed by atoms with E-state index in [2.05, 4.69) is 5.32 Å². The number of hydrogen-bond acceptors (Lipinski definition) is 4. The third-order valence-electron chi connectivity index (χ3n) is 5.68. The molecule has 2 heterocycles. The molecule has 3 amide bonds. The van der Waals surface area contributed by atoms with Crippen molar-refractivity contribution in [2.24, 2.45) is 0 Å². The Kier molecular flexibility index (Phi) is 5.85. The summed E-state index contributed by atoms with van der Waals surface area (Å²) in [6.07, 6.45) is 1.31. The third kappa shape index (κ3) is 3.96. The summed E-state index contributed by atoms with van der Waals surface area (Å²) in [5.41, 5.74) is 0.781. The van der Waals surface area contributed by atoms with E-state index >= 15 is 0 Å². The molecule has 1 spiro atoms. The third-order valence-corrected chi connectivity index (χ3v) is 7.23. The SMILES string of the molecule is COc1cccc(NC(=O)N2CCC3(CC2)SCCN3C(=O)c2ccccc2F)c1. The van der Waals surface area contributed by atoms with Crippen LogP contribution in [0.15, 0.2) is 48.5 Å². The highest BCUT2D eigenvalue weighted by atomic mass is 32.2. The topological polar surface area (TPSA) is 61.9 Å². The summed E-state index contributed by atoms with van der Waals surface area (Å²) in [6.45, 7) is 1.65. The molecule has 6 nitrogen and oxygen atoms in total. The number of carbonyl (C=O) groups excluding carboxylic acids is 2. The molecule has 158 valence electrons. The number of rotatable bonds is 3. The zero-order valence-electron chi connectivity index (χ0n) is 16.8. The summed E-state index contributed by atoms with van der Waals surface area (Å²) in [6, 6.07) is 13.2. The number of hydrogen-bond donors (Lipinski definition) is 1. The average Bonchev–Trinajstić information content (AvgIpc) is 3.17. The summed E-state index contributed by atoms with van der Waals surface area (Å²) < 4.78 is 19.3. The normalized spacial score (nSPS) is 17.8. The number of carbonyl (C=O) groups is 2. The maximum atomic E-state index is 14.2. The van der Waals surface area contributed by atoms with Gasteiger partial charge in [-0.3, -0.25) is 4.79 Å². The van der Waals surface area contributed by atoms with Gasteiger partial charge < -0.3 is 19.9 Å². The number of piperidine rings is 1. The first-order valence-electron chi connectivity index (χ1n) is 9.93. The lowest BCUT2D eigenvalue weighted by Gasteiger charge is -2.44.